The van der Waals surface area contributed by atoms with Crippen LogP contribution in [0.4, 0.5) is 0 Å². The van der Waals surface area contributed by atoms with Crippen LogP contribution in [-0.2, 0) is 0 Å². The van der Waals surface area contributed by atoms with E-state index in [9.17, 15) is 4.79 Å². The second-order valence-electron chi connectivity index (χ2n) is 6.37. The highest BCUT2D eigenvalue weighted by molar-refractivity contribution is 5.94. The van der Waals surface area contributed by atoms with Gasteiger partial charge in [0.15, 0.2) is 0 Å². The molecule has 1 aliphatic carbocycles. The quantitative estimate of drug-likeness (QED) is 0.833. The smallest absolute Gasteiger partial charge is 0.251 e. The van der Waals surface area contributed by atoms with Crippen molar-refractivity contribution in [2.45, 2.75) is 38.6 Å². The molecule has 126 valence electrons. The van der Waals surface area contributed by atoms with E-state index in [0.29, 0.717) is 18.1 Å². The number of ether oxygens (including phenoxy) is 1. The molecule has 1 atom stereocenters. The van der Waals surface area contributed by atoms with Gasteiger partial charge in [-0.3, -0.25) is 4.79 Å². The maximum absolute atomic E-state index is 12.8. The van der Waals surface area contributed by atoms with Crippen LogP contribution in [0.25, 0.3) is 0 Å². The van der Waals surface area contributed by atoms with Gasteiger partial charge in [-0.25, -0.2) is 0 Å². The molecule has 1 fully saturated rings. The summed E-state index contributed by atoms with van der Waals surface area (Å²) in [5.74, 6) is 1.23. The van der Waals surface area contributed by atoms with Gasteiger partial charge in [0, 0.05) is 5.56 Å². The minimum absolute atomic E-state index is 0.0303. The fraction of sp³-hybridized carbons (Fsp3) is 0.381. The van der Waals surface area contributed by atoms with Gasteiger partial charge in [-0.15, -0.1) is 0 Å². The monoisotopic (exact) mass is 323 g/mol. The Kier molecular flexibility index (Phi) is 5.52. The predicted molar refractivity (Wildman–Crippen MR) is 96.2 cm³/mol. The molecule has 0 unspecified atom stereocenters. The molecule has 0 heterocycles. The highest BCUT2D eigenvalue weighted by Gasteiger charge is 2.27. The molecular weight excluding hydrogens is 298 g/mol. The first-order valence-corrected chi connectivity index (χ1v) is 8.86. The fourth-order valence-electron chi connectivity index (χ4n) is 3.54. The second kappa shape index (κ2) is 8.00. The third-order valence-corrected chi connectivity index (χ3v) is 4.72. The van der Waals surface area contributed by atoms with Crippen molar-refractivity contribution in [3.63, 3.8) is 0 Å². The van der Waals surface area contributed by atoms with Crippen molar-refractivity contribution in [1.29, 1.82) is 0 Å². The van der Waals surface area contributed by atoms with Crippen LogP contribution in [0.2, 0.25) is 0 Å². The summed E-state index contributed by atoms with van der Waals surface area (Å²) in [5.41, 5.74) is 1.85. The Hall–Kier alpha value is -2.29. The van der Waals surface area contributed by atoms with Crippen LogP contribution >= 0.6 is 0 Å². The van der Waals surface area contributed by atoms with E-state index < -0.39 is 0 Å². The van der Waals surface area contributed by atoms with Crippen LogP contribution in [0, 0.1) is 5.92 Å². The summed E-state index contributed by atoms with van der Waals surface area (Å²) in [6.45, 7) is 2.54. The molecule has 1 saturated carbocycles. The fourth-order valence-corrected chi connectivity index (χ4v) is 3.54. The lowest BCUT2D eigenvalue weighted by atomic mass is 9.91. The normalized spacial score (nSPS) is 15.9. The SMILES string of the molecule is CCOc1cccc(C(=O)N[C@H](c2ccccc2)C2CCCC2)c1. The third kappa shape index (κ3) is 3.97. The zero-order valence-electron chi connectivity index (χ0n) is 14.2. The van der Waals surface area contributed by atoms with E-state index in [1.165, 1.54) is 31.2 Å². The largest absolute Gasteiger partial charge is 0.494 e. The number of rotatable bonds is 6. The number of carbonyl (C=O) groups is 1. The van der Waals surface area contributed by atoms with Gasteiger partial charge in [0.2, 0.25) is 0 Å². The lowest BCUT2D eigenvalue weighted by Crippen LogP contribution is -2.32. The van der Waals surface area contributed by atoms with Gasteiger partial charge in [0.1, 0.15) is 5.75 Å². The van der Waals surface area contributed by atoms with Crippen LogP contribution in [0.3, 0.4) is 0 Å². The number of hydrogen-bond donors (Lipinski definition) is 1. The number of carbonyl (C=O) groups excluding carboxylic acids is 1. The summed E-state index contributed by atoms with van der Waals surface area (Å²) in [5, 5.41) is 3.27. The molecule has 0 radical (unpaired) electrons. The average molecular weight is 323 g/mol. The average Bonchev–Trinajstić information content (AvgIpc) is 3.15. The molecule has 3 nitrogen and oxygen atoms in total. The van der Waals surface area contributed by atoms with Crippen molar-refractivity contribution in [3.05, 3.63) is 65.7 Å². The molecule has 2 aromatic rings. The van der Waals surface area contributed by atoms with Crippen molar-refractivity contribution >= 4 is 5.91 Å². The predicted octanol–water partition coefficient (Wildman–Crippen LogP) is 4.75. The molecule has 3 rings (SSSR count). The van der Waals surface area contributed by atoms with Crippen LogP contribution in [0.15, 0.2) is 54.6 Å². The van der Waals surface area contributed by atoms with E-state index >= 15 is 0 Å². The van der Waals surface area contributed by atoms with Gasteiger partial charge in [-0.1, -0.05) is 49.2 Å². The topological polar surface area (TPSA) is 38.3 Å². The number of amides is 1. The molecule has 0 aromatic heterocycles. The molecule has 3 heteroatoms. The van der Waals surface area contributed by atoms with Gasteiger partial charge in [0.05, 0.1) is 12.6 Å². The maximum Gasteiger partial charge on any atom is 0.251 e. The molecule has 1 amide bonds. The van der Waals surface area contributed by atoms with Gasteiger partial charge in [0.25, 0.3) is 5.91 Å². The summed E-state index contributed by atoms with van der Waals surface area (Å²) >= 11 is 0. The number of hydrogen-bond acceptors (Lipinski definition) is 2. The van der Waals surface area contributed by atoms with E-state index in [-0.39, 0.29) is 11.9 Å². The molecule has 0 bridgehead atoms. The van der Waals surface area contributed by atoms with E-state index in [2.05, 4.69) is 17.4 Å². The summed E-state index contributed by atoms with van der Waals surface area (Å²) in [6, 6.07) is 17.8. The Bertz CT molecular complexity index is 663. The molecule has 0 saturated heterocycles. The summed E-state index contributed by atoms with van der Waals surface area (Å²) < 4.78 is 5.51. The van der Waals surface area contributed by atoms with Crippen molar-refractivity contribution in [1.82, 2.24) is 5.32 Å². The van der Waals surface area contributed by atoms with E-state index in [4.69, 9.17) is 4.74 Å². The Balaban J connectivity index is 1.79. The zero-order chi connectivity index (χ0) is 16.8. The Morgan fingerprint density at radius 3 is 2.58 bits per heavy atom. The molecule has 0 aliphatic heterocycles. The second-order valence-corrected chi connectivity index (χ2v) is 6.37. The van der Waals surface area contributed by atoms with Crippen molar-refractivity contribution in [2.24, 2.45) is 5.92 Å². The lowest BCUT2D eigenvalue weighted by molar-refractivity contribution is 0.0921. The molecule has 1 N–H and O–H groups in total. The standard InChI is InChI=1S/C21H25NO2/c1-2-24-19-14-8-13-18(15-19)21(23)22-20(17-11-6-7-12-17)16-9-4-3-5-10-16/h3-5,8-10,13-15,17,20H,2,6-7,11-12H2,1H3,(H,22,23)/t20-/m1/s1. The maximum atomic E-state index is 12.8. The summed E-state index contributed by atoms with van der Waals surface area (Å²) in [7, 11) is 0. The van der Waals surface area contributed by atoms with Crippen LogP contribution in [0.1, 0.15) is 54.6 Å². The van der Waals surface area contributed by atoms with Gasteiger partial charge in [-0.05, 0) is 49.4 Å². The zero-order valence-corrected chi connectivity index (χ0v) is 14.2. The van der Waals surface area contributed by atoms with Crippen LogP contribution in [0.5, 0.6) is 5.75 Å². The lowest BCUT2D eigenvalue weighted by Gasteiger charge is -2.25. The van der Waals surface area contributed by atoms with Crippen LogP contribution < -0.4 is 10.1 Å². The minimum Gasteiger partial charge on any atom is -0.494 e. The highest BCUT2D eigenvalue weighted by Crippen LogP contribution is 2.35. The van der Waals surface area contributed by atoms with Gasteiger partial charge in [-0.2, -0.15) is 0 Å². The van der Waals surface area contributed by atoms with Crippen molar-refractivity contribution < 1.29 is 9.53 Å². The van der Waals surface area contributed by atoms with Crippen molar-refractivity contribution in [2.75, 3.05) is 6.61 Å². The molecule has 0 spiro atoms. The minimum atomic E-state index is -0.0303. The first kappa shape index (κ1) is 16.6. The molecule has 1 aliphatic rings. The Morgan fingerprint density at radius 1 is 1.12 bits per heavy atom. The Labute approximate surface area is 144 Å². The van der Waals surface area contributed by atoms with E-state index in [0.717, 1.165) is 5.75 Å². The van der Waals surface area contributed by atoms with Crippen molar-refractivity contribution in [3.8, 4) is 5.75 Å². The molecule has 24 heavy (non-hydrogen) atoms. The molecular formula is C21H25NO2. The first-order valence-electron chi connectivity index (χ1n) is 8.86. The number of benzene rings is 2. The number of nitrogens with one attached hydrogen (secondary N) is 1. The Morgan fingerprint density at radius 2 is 1.88 bits per heavy atom. The van der Waals surface area contributed by atoms with Gasteiger partial charge < -0.3 is 10.1 Å². The van der Waals surface area contributed by atoms with E-state index in [1.54, 1.807) is 0 Å². The van der Waals surface area contributed by atoms with Gasteiger partial charge >= 0.3 is 0 Å². The van der Waals surface area contributed by atoms with E-state index in [1.807, 2.05) is 49.4 Å². The summed E-state index contributed by atoms with van der Waals surface area (Å²) in [6.07, 6.45) is 4.87. The summed E-state index contributed by atoms with van der Waals surface area (Å²) in [4.78, 5) is 12.8. The van der Waals surface area contributed by atoms with Crippen LogP contribution in [-0.4, -0.2) is 12.5 Å². The first-order chi connectivity index (χ1) is 11.8. The third-order valence-electron chi connectivity index (χ3n) is 4.72. The highest BCUT2D eigenvalue weighted by atomic mass is 16.5. The molecule has 2 aromatic carbocycles.